The third kappa shape index (κ3) is 2.90. The molecule has 102 valence electrons. The van der Waals surface area contributed by atoms with E-state index in [2.05, 4.69) is 4.83 Å². The maximum absolute atomic E-state index is 12.1. The van der Waals surface area contributed by atoms with Crippen LogP contribution in [0, 0.1) is 6.92 Å². The largest absolute Gasteiger partial charge is 0.462 e. The minimum atomic E-state index is -3.66. The van der Waals surface area contributed by atoms with E-state index in [-0.39, 0.29) is 23.0 Å². The predicted octanol–water partition coefficient (Wildman–Crippen LogP) is -0.394. The van der Waals surface area contributed by atoms with Gasteiger partial charge in [0.05, 0.1) is 13.2 Å². The van der Waals surface area contributed by atoms with Gasteiger partial charge in [0.2, 0.25) is 0 Å². The summed E-state index contributed by atoms with van der Waals surface area (Å²) >= 11 is 0. The van der Waals surface area contributed by atoms with E-state index in [9.17, 15) is 8.42 Å². The highest BCUT2D eigenvalue weighted by Crippen LogP contribution is 2.20. The van der Waals surface area contributed by atoms with E-state index in [1.165, 1.54) is 6.07 Å². The topological polar surface area (TPSA) is 92.0 Å². The van der Waals surface area contributed by atoms with Gasteiger partial charge in [0.15, 0.2) is 0 Å². The number of morpholine rings is 1. The lowest BCUT2D eigenvalue weighted by Crippen LogP contribution is -2.48. The summed E-state index contributed by atoms with van der Waals surface area (Å²) in [4.78, 5) is 2.53. The minimum Gasteiger partial charge on any atom is -0.462 e. The Bertz CT molecular complexity index is 504. The molecule has 0 aromatic carbocycles. The average Bonchev–Trinajstić information content (AvgIpc) is 2.72. The second kappa shape index (κ2) is 5.37. The third-order valence-corrected chi connectivity index (χ3v) is 4.11. The van der Waals surface area contributed by atoms with Crippen LogP contribution in [0.5, 0.6) is 0 Å². The van der Waals surface area contributed by atoms with E-state index in [4.69, 9.17) is 14.3 Å². The highest BCUT2D eigenvalue weighted by molar-refractivity contribution is 7.89. The van der Waals surface area contributed by atoms with Crippen molar-refractivity contribution in [2.75, 3.05) is 26.3 Å². The molecule has 1 aromatic rings. The molecule has 8 heteroatoms. The molecule has 0 bridgehead atoms. The second-order valence-electron chi connectivity index (χ2n) is 3.99. The van der Waals surface area contributed by atoms with Crippen LogP contribution < -0.4 is 4.83 Å². The molecular formula is C10H16N2O5S. The van der Waals surface area contributed by atoms with Crippen molar-refractivity contribution < 1.29 is 22.7 Å². The Hall–Kier alpha value is -0.930. The molecule has 0 saturated carbocycles. The van der Waals surface area contributed by atoms with Crippen molar-refractivity contribution >= 4 is 10.0 Å². The monoisotopic (exact) mass is 276 g/mol. The standard InChI is InChI=1S/C10H16N2O5S/c1-8-10(6-9(7-13)17-8)18(14,15)11-12-2-4-16-5-3-12/h6,11,13H,2-5,7H2,1H3. The third-order valence-electron chi connectivity index (χ3n) is 2.63. The summed E-state index contributed by atoms with van der Waals surface area (Å²) in [5.41, 5.74) is 0. The van der Waals surface area contributed by atoms with E-state index >= 15 is 0 Å². The van der Waals surface area contributed by atoms with Crippen molar-refractivity contribution in [3.05, 3.63) is 17.6 Å². The maximum atomic E-state index is 12.1. The number of ether oxygens (including phenoxy) is 1. The number of aliphatic hydroxyl groups is 1. The Kier molecular flexibility index (Phi) is 4.03. The van der Waals surface area contributed by atoms with Crippen LogP contribution in [0.3, 0.4) is 0 Å². The minimum absolute atomic E-state index is 0.0537. The Morgan fingerprint density at radius 3 is 2.67 bits per heavy atom. The maximum Gasteiger partial charge on any atom is 0.256 e. The molecule has 7 nitrogen and oxygen atoms in total. The average molecular weight is 276 g/mol. The summed E-state index contributed by atoms with van der Waals surface area (Å²) < 4.78 is 34.5. The fourth-order valence-electron chi connectivity index (χ4n) is 1.74. The summed E-state index contributed by atoms with van der Waals surface area (Å²) in [5, 5.41) is 10.5. The molecule has 0 aliphatic carbocycles. The van der Waals surface area contributed by atoms with Gasteiger partial charge in [0.1, 0.15) is 23.0 Å². The number of rotatable bonds is 4. The number of nitrogens with zero attached hydrogens (tertiary/aromatic N) is 1. The molecule has 18 heavy (non-hydrogen) atoms. The van der Waals surface area contributed by atoms with Crippen LogP contribution >= 0.6 is 0 Å². The highest BCUT2D eigenvalue weighted by atomic mass is 32.2. The molecule has 2 N–H and O–H groups in total. The molecule has 0 radical (unpaired) electrons. The zero-order valence-corrected chi connectivity index (χ0v) is 10.9. The predicted molar refractivity (Wildman–Crippen MR) is 62.1 cm³/mol. The van der Waals surface area contributed by atoms with Gasteiger partial charge < -0.3 is 14.3 Å². The first-order valence-corrected chi connectivity index (χ1v) is 7.06. The molecule has 1 aliphatic heterocycles. The van der Waals surface area contributed by atoms with E-state index in [0.29, 0.717) is 26.3 Å². The number of furan rings is 1. The number of hydrogen-bond donors (Lipinski definition) is 2. The number of sulfonamides is 1. The van der Waals surface area contributed by atoms with Crippen LogP contribution in [-0.2, 0) is 21.4 Å². The lowest BCUT2D eigenvalue weighted by atomic mass is 10.4. The highest BCUT2D eigenvalue weighted by Gasteiger charge is 2.24. The Labute approximate surface area is 105 Å². The summed E-state index contributed by atoms with van der Waals surface area (Å²) in [6.45, 7) is 3.22. The fraction of sp³-hybridized carbons (Fsp3) is 0.600. The van der Waals surface area contributed by atoms with Gasteiger partial charge in [-0.25, -0.2) is 13.4 Å². The second-order valence-corrected chi connectivity index (χ2v) is 5.61. The smallest absolute Gasteiger partial charge is 0.256 e. The van der Waals surface area contributed by atoms with E-state index in [0.717, 1.165) is 0 Å². The molecule has 0 amide bonds. The molecule has 0 atom stereocenters. The van der Waals surface area contributed by atoms with Gasteiger partial charge in [-0.2, -0.15) is 0 Å². The molecule has 2 rings (SSSR count). The normalized spacial score (nSPS) is 18.1. The van der Waals surface area contributed by atoms with Gasteiger partial charge in [-0.1, -0.05) is 0 Å². The first-order valence-electron chi connectivity index (χ1n) is 5.58. The van der Waals surface area contributed by atoms with E-state index in [1.807, 2.05) is 0 Å². The number of aliphatic hydroxyl groups excluding tert-OH is 1. The molecule has 1 saturated heterocycles. The van der Waals surface area contributed by atoms with Crippen LogP contribution in [0.25, 0.3) is 0 Å². The SMILES string of the molecule is Cc1oc(CO)cc1S(=O)(=O)NN1CCOCC1. The number of hydrazine groups is 1. The van der Waals surface area contributed by atoms with Crippen molar-refractivity contribution in [3.63, 3.8) is 0 Å². The van der Waals surface area contributed by atoms with Gasteiger partial charge in [-0.15, -0.1) is 4.83 Å². The Morgan fingerprint density at radius 2 is 2.11 bits per heavy atom. The first-order chi connectivity index (χ1) is 8.53. The van der Waals surface area contributed by atoms with Crippen molar-refractivity contribution in [3.8, 4) is 0 Å². The first kappa shape index (κ1) is 13.5. The number of aryl methyl sites for hydroxylation is 1. The molecule has 2 heterocycles. The molecular weight excluding hydrogens is 260 g/mol. The van der Waals surface area contributed by atoms with Crippen LogP contribution in [0.4, 0.5) is 0 Å². The number of nitrogens with one attached hydrogen (secondary N) is 1. The molecule has 0 spiro atoms. The van der Waals surface area contributed by atoms with Gasteiger partial charge in [-0.05, 0) is 6.92 Å². The fourth-order valence-corrected chi connectivity index (χ4v) is 3.07. The van der Waals surface area contributed by atoms with Crippen molar-refractivity contribution in [2.45, 2.75) is 18.4 Å². The summed E-state index contributed by atoms with van der Waals surface area (Å²) in [5.74, 6) is 0.495. The van der Waals surface area contributed by atoms with Gasteiger partial charge in [0, 0.05) is 19.2 Å². The van der Waals surface area contributed by atoms with Crippen molar-refractivity contribution in [2.24, 2.45) is 0 Å². The van der Waals surface area contributed by atoms with Gasteiger partial charge >= 0.3 is 0 Å². The summed E-state index contributed by atoms with van der Waals surface area (Å²) in [6, 6.07) is 1.33. The lowest BCUT2D eigenvalue weighted by molar-refractivity contribution is 0.0272. The van der Waals surface area contributed by atoms with Crippen LogP contribution in [0.2, 0.25) is 0 Å². The zero-order chi connectivity index (χ0) is 13.2. The quantitative estimate of drug-likeness (QED) is 0.778. The summed E-state index contributed by atoms with van der Waals surface area (Å²) in [6.07, 6.45) is 0. The molecule has 0 unspecified atom stereocenters. The van der Waals surface area contributed by atoms with Gasteiger partial charge in [0.25, 0.3) is 10.0 Å². The lowest BCUT2D eigenvalue weighted by Gasteiger charge is -2.26. The molecule has 1 fully saturated rings. The Morgan fingerprint density at radius 1 is 1.44 bits per heavy atom. The van der Waals surface area contributed by atoms with E-state index < -0.39 is 10.0 Å². The van der Waals surface area contributed by atoms with E-state index in [1.54, 1.807) is 11.9 Å². The van der Waals surface area contributed by atoms with Crippen molar-refractivity contribution in [1.82, 2.24) is 9.84 Å². The number of hydrogen-bond acceptors (Lipinski definition) is 6. The van der Waals surface area contributed by atoms with Crippen LogP contribution in [-0.4, -0.2) is 44.8 Å². The van der Waals surface area contributed by atoms with Crippen LogP contribution in [0.15, 0.2) is 15.4 Å². The molecule has 1 aliphatic rings. The van der Waals surface area contributed by atoms with Crippen molar-refractivity contribution in [1.29, 1.82) is 0 Å². The van der Waals surface area contributed by atoms with Crippen LogP contribution in [0.1, 0.15) is 11.5 Å². The summed E-state index contributed by atoms with van der Waals surface area (Å²) in [7, 11) is -3.66. The Balaban J connectivity index is 2.16. The van der Waals surface area contributed by atoms with Gasteiger partial charge in [-0.3, -0.25) is 0 Å². The molecule has 1 aromatic heterocycles. The zero-order valence-electron chi connectivity index (χ0n) is 10.0.